The highest BCUT2D eigenvalue weighted by atomic mass is 16.4. The Morgan fingerprint density at radius 2 is 2.17 bits per heavy atom. The Morgan fingerprint density at radius 1 is 1.58 bits per heavy atom. The zero-order valence-corrected chi connectivity index (χ0v) is 7.92. The van der Waals surface area contributed by atoms with Crippen LogP contribution in [0, 0.1) is 0 Å². The van der Waals surface area contributed by atoms with Gasteiger partial charge in [-0.05, 0) is 19.9 Å². The molecule has 3 nitrogen and oxygen atoms in total. The van der Waals surface area contributed by atoms with E-state index in [0.717, 1.165) is 13.0 Å². The molecule has 0 aromatic heterocycles. The van der Waals surface area contributed by atoms with Gasteiger partial charge >= 0.3 is 5.97 Å². The van der Waals surface area contributed by atoms with E-state index in [9.17, 15) is 4.79 Å². The Kier molecular flexibility index (Phi) is 5.37. The summed E-state index contributed by atoms with van der Waals surface area (Å²) >= 11 is 0. The first-order chi connectivity index (χ1) is 5.61. The van der Waals surface area contributed by atoms with Crippen molar-refractivity contribution in [1.82, 2.24) is 5.32 Å². The Bertz CT molecular complexity index is 175. The van der Waals surface area contributed by atoms with E-state index in [0.29, 0.717) is 5.57 Å². The van der Waals surface area contributed by atoms with Gasteiger partial charge in [-0.1, -0.05) is 19.9 Å². The molecule has 0 amide bonds. The van der Waals surface area contributed by atoms with Crippen molar-refractivity contribution in [3.63, 3.8) is 0 Å². The molecule has 0 saturated carbocycles. The fourth-order valence-corrected chi connectivity index (χ4v) is 0.956. The average Bonchev–Trinajstić information content (AvgIpc) is 2.03. The molecule has 0 bridgehead atoms. The summed E-state index contributed by atoms with van der Waals surface area (Å²) < 4.78 is 0. The average molecular weight is 171 g/mol. The number of rotatable bonds is 5. The van der Waals surface area contributed by atoms with Crippen molar-refractivity contribution in [2.24, 2.45) is 0 Å². The van der Waals surface area contributed by atoms with Crippen molar-refractivity contribution in [3.05, 3.63) is 11.6 Å². The van der Waals surface area contributed by atoms with Crippen LogP contribution in [0.2, 0.25) is 0 Å². The van der Waals surface area contributed by atoms with E-state index >= 15 is 0 Å². The number of nitrogens with one attached hydrogen (secondary N) is 1. The molecule has 0 aliphatic heterocycles. The maximum Gasteiger partial charge on any atom is 0.331 e. The lowest BCUT2D eigenvalue weighted by molar-refractivity contribution is -0.132. The highest BCUT2D eigenvalue weighted by molar-refractivity contribution is 5.85. The molecule has 0 aromatic carbocycles. The lowest BCUT2D eigenvalue weighted by atomic mass is 10.1. The van der Waals surface area contributed by atoms with Crippen LogP contribution < -0.4 is 5.32 Å². The normalized spacial score (nSPS) is 14.4. The minimum atomic E-state index is -0.841. The molecule has 0 spiro atoms. The monoisotopic (exact) mass is 171 g/mol. The molecule has 0 fully saturated rings. The van der Waals surface area contributed by atoms with Crippen LogP contribution >= 0.6 is 0 Å². The van der Waals surface area contributed by atoms with Gasteiger partial charge in [0.1, 0.15) is 0 Å². The summed E-state index contributed by atoms with van der Waals surface area (Å²) in [5.41, 5.74) is 0.405. The molecular formula is C9H17NO2. The molecule has 0 aliphatic carbocycles. The van der Waals surface area contributed by atoms with Gasteiger partial charge in [0.05, 0.1) is 0 Å². The zero-order chi connectivity index (χ0) is 9.56. The van der Waals surface area contributed by atoms with E-state index in [-0.39, 0.29) is 6.04 Å². The first kappa shape index (κ1) is 11.2. The van der Waals surface area contributed by atoms with Crippen molar-refractivity contribution >= 4 is 5.97 Å². The number of hydrogen-bond acceptors (Lipinski definition) is 2. The third-order valence-electron chi connectivity index (χ3n) is 1.69. The largest absolute Gasteiger partial charge is 0.478 e. The van der Waals surface area contributed by atoms with Gasteiger partial charge in [-0.2, -0.15) is 0 Å². The van der Waals surface area contributed by atoms with Crippen molar-refractivity contribution in [2.45, 2.75) is 33.2 Å². The summed E-state index contributed by atoms with van der Waals surface area (Å²) in [6.07, 6.45) is 2.67. The molecular weight excluding hydrogens is 154 g/mol. The maximum absolute atomic E-state index is 10.5. The molecule has 2 N–H and O–H groups in total. The van der Waals surface area contributed by atoms with Gasteiger partial charge in [0.25, 0.3) is 0 Å². The smallest absolute Gasteiger partial charge is 0.331 e. The van der Waals surface area contributed by atoms with Gasteiger partial charge in [0.2, 0.25) is 0 Å². The molecule has 0 rings (SSSR count). The fraction of sp³-hybridized carbons (Fsp3) is 0.667. The summed E-state index contributed by atoms with van der Waals surface area (Å²) in [4.78, 5) is 10.5. The molecule has 70 valence electrons. The number of carboxylic acid groups (broad SMARTS) is 1. The minimum absolute atomic E-state index is 0.186. The first-order valence-corrected chi connectivity index (χ1v) is 4.26. The minimum Gasteiger partial charge on any atom is -0.478 e. The molecule has 12 heavy (non-hydrogen) atoms. The van der Waals surface area contributed by atoms with Gasteiger partial charge in [-0.3, -0.25) is 0 Å². The Morgan fingerprint density at radius 3 is 2.50 bits per heavy atom. The van der Waals surface area contributed by atoms with E-state index in [1.807, 2.05) is 13.8 Å². The Labute approximate surface area is 73.5 Å². The molecule has 1 atom stereocenters. The Balaban J connectivity index is 4.14. The van der Waals surface area contributed by atoms with E-state index in [1.54, 1.807) is 13.0 Å². The predicted molar refractivity (Wildman–Crippen MR) is 49.1 cm³/mol. The van der Waals surface area contributed by atoms with Gasteiger partial charge in [0, 0.05) is 11.6 Å². The van der Waals surface area contributed by atoms with Crippen LogP contribution in [0.1, 0.15) is 27.2 Å². The second-order valence-electron chi connectivity index (χ2n) is 2.73. The highest BCUT2D eigenvalue weighted by Crippen LogP contribution is 1.99. The van der Waals surface area contributed by atoms with Crippen molar-refractivity contribution < 1.29 is 9.90 Å². The van der Waals surface area contributed by atoms with Crippen LogP contribution in [0.4, 0.5) is 0 Å². The third kappa shape index (κ3) is 4.13. The summed E-state index contributed by atoms with van der Waals surface area (Å²) in [6, 6.07) is 0.186. The van der Waals surface area contributed by atoms with Gasteiger partial charge in [-0.25, -0.2) is 4.79 Å². The number of carbonyl (C=O) groups is 1. The van der Waals surface area contributed by atoms with Crippen LogP contribution in [0.3, 0.4) is 0 Å². The quantitative estimate of drug-likeness (QED) is 0.615. The summed E-state index contributed by atoms with van der Waals surface area (Å²) in [5.74, 6) is -0.841. The van der Waals surface area contributed by atoms with Crippen LogP contribution in [0.15, 0.2) is 11.6 Å². The van der Waals surface area contributed by atoms with Crippen molar-refractivity contribution in [1.29, 1.82) is 0 Å². The molecule has 0 aromatic rings. The van der Waals surface area contributed by atoms with Gasteiger partial charge < -0.3 is 10.4 Å². The van der Waals surface area contributed by atoms with E-state index in [2.05, 4.69) is 5.32 Å². The van der Waals surface area contributed by atoms with Gasteiger partial charge in [0.15, 0.2) is 0 Å². The number of carboxylic acids is 1. The lowest BCUT2D eigenvalue weighted by Gasteiger charge is -2.10. The first-order valence-electron chi connectivity index (χ1n) is 4.26. The molecule has 0 radical (unpaired) electrons. The van der Waals surface area contributed by atoms with E-state index < -0.39 is 5.97 Å². The van der Waals surface area contributed by atoms with Crippen LogP contribution in [0.25, 0.3) is 0 Å². The standard InChI is InChI=1S/C9H17NO2/c1-4-8(10-5-2)6-7(3)9(11)12/h6,8,10H,4-5H2,1-3H3,(H,11,12). The van der Waals surface area contributed by atoms with Gasteiger partial charge in [-0.15, -0.1) is 0 Å². The molecule has 0 aliphatic rings. The fourth-order valence-electron chi connectivity index (χ4n) is 0.956. The molecule has 3 heteroatoms. The molecule has 1 unspecified atom stereocenters. The van der Waals surface area contributed by atoms with Crippen LogP contribution in [-0.2, 0) is 4.79 Å². The maximum atomic E-state index is 10.5. The van der Waals surface area contributed by atoms with Crippen molar-refractivity contribution in [2.75, 3.05) is 6.54 Å². The number of aliphatic carboxylic acids is 1. The Hall–Kier alpha value is -0.830. The highest BCUT2D eigenvalue weighted by Gasteiger charge is 2.04. The summed E-state index contributed by atoms with van der Waals surface area (Å²) in [7, 11) is 0. The van der Waals surface area contributed by atoms with E-state index in [4.69, 9.17) is 5.11 Å². The topological polar surface area (TPSA) is 49.3 Å². The third-order valence-corrected chi connectivity index (χ3v) is 1.69. The number of hydrogen-bond donors (Lipinski definition) is 2. The SMILES string of the molecule is CCNC(C=C(C)C(=O)O)CC. The second-order valence-corrected chi connectivity index (χ2v) is 2.73. The second kappa shape index (κ2) is 5.77. The number of likely N-dealkylation sites (N-methyl/N-ethyl adjacent to an activating group) is 1. The summed E-state index contributed by atoms with van der Waals surface area (Å²) in [5, 5.41) is 11.8. The van der Waals surface area contributed by atoms with Crippen LogP contribution in [-0.4, -0.2) is 23.7 Å². The molecule has 0 heterocycles. The molecule has 0 saturated heterocycles. The van der Waals surface area contributed by atoms with Crippen molar-refractivity contribution in [3.8, 4) is 0 Å². The zero-order valence-electron chi connectivity index (χ0n) is 7.92. The lowest BCUT2D eigenvalue weighted by Crippen LogP contribution is -2.26. The van der Waals surface area contributed by atoms with E-state index in [1.165, 1.54) is 0 Å². The van der Waals surface area contributed by atoms with Crippen LogP contribution in [0.5, 0.6) is 0 Å². The predicted octanol–water partition coefficient (Wildman–Crippen LogP) is 1.41. The summed E-state index contributed by atoms with van der Waals surface area (Å²) in [6.45, 7) is 6.51.